The maximum absolute atomic E-state index is 11.5. The lowest BCUT2D eigenvalue weighted by Gasteiger charge is -2.09. The normalized spacial score (nSPS) is 11.9. The molecule has 2 rings (SSSR count). The molecule has 0 fully saturated rings. The van der Waals surface area contributed by atoms with Gasteiger partial charge in [0.15, 0.2) is 0 Å². The monoisotopic (exact) mass is 308 g/mol. The maximum atomic E-state index is 11.5. The molecule has 0 aliphatic heterocycles. The smallest absolute Gasteiger partial charge is 0.309 e. The molecule has 0 aromatic carbocycles. The van der Waals surface area contributed by atoms with Crippen LogP contribution in [0.15, 0.2) is 40.3 Å². The Bertz CT molecular complexity index is 566. The standard InChI is InChI=1S/C14H16N2O4S/c17-11(12-4-1-7-20-12)5-6-15-13(18)14(19)16-9-10-3-2-8-21-10/h1-4,7-8,11,17H,5-6,9H2,(H,15,18)(H,16,19). The van der Waals surface area contributed by atoms with Crippen LogP contribution in [0.1, 0.15) is 23.2 Å². The number of furan rings is 1. The average Bonchev–Trinajstić information content (AvgIpc) is 3.17. The van der Waals surface area contributed by atoms with E-state index in [0.29, 0.717) is 12.3 Å². The van der Waals surface area contributed by atoms with Crippen molar-refractivity contribution in [2.45, 2.75) is 19.1 Å². The number of amides is 2. The van der Waals surface area contributed by atoms with E-state index in [4.69, 9.17) is 4.42 Å². The summed E-state index contributed by atoms with van der Waals surface area (Å²) in [6.07, 6.45) is 0.946. The van der Waals surface area contributed by atoms with Crippen LogP contribution in [0.25, 0.3) is 0 Å². The van der Waals surface area contributed by atoms with Crippen molar-refractivity contribution >= 4 is 23.2 Å². The Morgan fingerprint density at radius 1 is 1.24 bits per heavy atom. The zero-order valence-electron chi connectivity index (χ0n) is 11.2. The van der Waals surface area contributed by atoms with Crippen LogP contribution in [0.5, 0.6) is 0 Å². The second-order valence-corrected chi connectivity index (χ2v) is 5.37. The molecule has 2 amide bonds. The molecular weight excluding hydrogens is 292 g/mol. The van der Waals surface area contributed by atoms with E-state index < -0.39 is 17.9 Å². The largest absolute Gasteiger partial charge is 0.467 e. The molecule has 0 saturated heterocycles. The minimum Gasteiger partial charge on any atom is -0.467 e. The fraction of sp³-hybridized carbons (Fsp3) is 0.286. The number of carbonyl (C=O) groups is 2. The van der Waals surface area contributed by atoms with Gasteiger partial charge < -0.3 is 20.2 Å². The summed E-state index contributed by atoms with van der Waals surface area (Å²) in [5.74, 6) is -0.958. The van der Waals surface area contributed by atoms with Gasteiger partial charge in [-0.2, -0.15) is 0 Å². The number of thiophene rings is 1. The molecule has 2 aromatic rings. The minimum atomic E-state index is -0.797. The second-order valence-electron chi connectivity index (χ2n) is 4.34. The quantitative estimate of drug-likeness (QED) is 0.699. The molecule has 0 radical (unpaired) electrons. The van der Waals surface area contributed by atoms with Crippen molar-refractivity contribution in [1.82, 2.24) is 10.6 Å². The SMILES string of the molecule is O=C(NCCC(O)c1ccco1)C(=O)NCc1cccs1. The van der Waals surface area contributed by atoms with Crippen LogP contribution in [0, 0.1) is 0 Å². The van der Waals surface area contributed by atoms with Crippen LogP contribution in [0.3, 0.4) is 0 Å². The highest BCUT2D eigenvalue weighted by molar-refractivity contribution is 7.09. The van der Waals surface area contributed by atoms with E-state index in [-0.39, 0.29) is 13.0 Å². The molecule has 3 N–H and O–H groups in total. The summed E-state index contributed by atoms with van der Waals surface area (Å²) in [5.41, 5.74) is 0. The fourth-order valence-corrected chi connectivity index (χ4v) is 2.33. The summed E-state index contributed by atoms with van der Waals surface area (Å²) in [5, 5.41) is 16.6. The third-order valence-electron chi connectivity index (χ3n) is 2.78. The van der Waals surface area contributed by atoms with Crippen molar-refractivity contribution < 1.29 is 19.1 Å². The van der Waals surface area contributed by atoms with Crippen molar-refractivity contribution in [3.8, 4) is 0 Å². The van der Waals surface area contributed by atoms with Gasteiger partial charge in [0.25, 0.3) is 0 Å². The molecule has 0 bridgehead atoms. The number of aliphatic hydroxyl groups is 1. The molecule has 0 aliphatic rings. The number of hydrogen-bond donors (Lipinski definition) is 3. The topological polar surface area (TPSA) is 91.6 Å². The number of nitrogens with one attached hydrogen (secondary N) is 2. The van der Waals surface area contributed by atoms with E-state index in [1.54, 1.807) is 12.1 Å². The first-order valence-corrected chi connectivity index (χ1v) is 7.34. The van der Waals surface area contributed by atoms with E-state index in [1.165, 1.54) is 17.6 Å². The first-order valence-electron chi connectivity index (χ1n) is 6.46. The predicted octanol–water partition coefficient (Wildman–Crippen LogP) is 1.20. The molecule has 21 heavy (non-hydrogen) atoms. The van der Waals surface area contributed by atoms with Crippen LogP contribution in [0.4, 0.5) is 0 Å². The van der Waals surface area contributed by atoms with Gasteiger partial charge in [0, 0.05) is 11.4 Å². The Labute approximate surface area is 125 Å². The van der Waals surface area contributed by atoms with Gasteiger partial charge in [-0.3, -0.25) is 9.59 Å². The summed E-state index contributed by atoms with van der Waals surface area (Å²) >= 11 is 1.51. The molecule has 7 heteroatoms. The summed E-state index contributed by atoms with van der Waals surface area (Å²) < 4.78 is 5.04. The Hall–Kier alpha value is -2.12. The lowest BCUT2D eigenvalue weighted by atomic mass is 10.2. The third-order valence-corrected chi connectivity index (χ3v) is 3.66. The highest BCUT2D eigenvalue weighted by atomic mass is 32.1. The molecule has 1 atom stereocenters. The van der Waals surface area contributed by atoms with E-state index in [1.807, 2.05) is 17.5 Å². The predicted molar refractivity (Wildman–Crippen MR) is 77.5 cm³/mol. The Balaban J connectivity index is 1.65. The van der Waals surface area contributed by atoms with Crippen molar-refractivity contribution in [1.29, 1.82) is 0 Å². The molecule has 6 nitrogen and oxygen atoms in total. The van der Waals surface area contributed by atoms with Crippen molar-refractivity contribution in [3.63, 3.8) is 0 Å². The summed E-state index contributed by atoms with van der Waals surface area (Å²) in [7, 11) is 0. The van der Waals surface area contributed by atoms with Gasteiger partial charge in [0.2, 0.25) is 0 Å². The van der Waals surface area contributed by atoms with Crippen molar-refractivity contribution in [3.05, 3.63) is 46.5 Å². The Kier molecular flexibility index (Phi) is 5.53. The highest BCUT2D eigenvalue weighted by Crippen LogP contribution is 2.15. The summed E-state index contributed by atoms with van der Waals surface area (Å²) in [6, 6.07) is 7.08. The van der Waals surface area contributed by atoms with Crippen molar-refractivity contribution in [2.75, 3.05) is 6.54 Å². The first kappa shape index (κ1) is 15.3. The molecule has 0 saturated carbocycles. The average molecular weight is 308 g/mol. The van der Waals surface area contributed by atoms with Gasteiger partial charge in [-0.15, -0.1) is 11.3 Å². The number of aliphatic hydroxyl groups excluding tert-OH is 1. The molecule has 2 heterocycles. The summed E-state index contributed by atoms with van der Waals surface area (Å²) in [6.45, 7) is 0.520. The summed E-state index contributed by atoms with van der Waals surface area (Å²) in [4.78, 5) is 24.1. The van der Waals surface area contributed by atoms with Gasteiger partial charge in [-0.1, -0.05) is 6.07 Å². The molecule has 1 unspecified atom stereocenters. The van der Waals surface area contributed by atoms with Crippen LogP contribution in [0.2, 0.25) is 0 Å². The van der Waals surface area contributed by atoms with E-state index in [2.05, 4.69) is 10.6 Å². The maximum Gasteiger partial charge on any atom is 0.309 e. The first-order chi connectivity index (χ1) is 10.2. The van der Waals surface area contributed by atoms with Crippen LogP contribution in [-0.4, -0.2) is 23.5 Å². The lowest BCUT2D eigenvalue weighted by Crippen LogP contribution is -2.40. The lowest BCUT2D eigenvalue weighted by molar-refractivity contribution is -0.139. The Morgan fingerprint density at radius 2 is 2.05 bits per heavy atom. The molecular formula is C14H16N2O4S. The van der Waals surface area contributed by atoms with Crippen LogP contribution < -0.4 is 10.6 Å². The van der Waals surface area contributed by atoms with Crippen molar-refractivity contribution in [2.24, 2.45) is 0 Å². The fourth-order valence-electron chi connectivity index (χ4n) is 1.69. The number of hydrogen-bond acceptors (Lipinski definition) is 5. The second kappa shape index (κ2) is 7.61. The van der Waals surface area contributed by atoms with Crippen LogP contribution in [-0.2, 0) is 16.1 Å². The van der Waals surface area contributed by atoms with E-state index >= 15 is 0 Å². The zero-order valence-corrected chi connectivity index (χ0v) is 12.1. The van der Waals surface area contributed by atoms with Gasteiger partial charge in [0.1, 0.15) is 11.9 Å². The zero-order chi connectivity index (χ0) is 15.1. The van der Waals surface area contributed by atoms with E-state index in [9.17, 15) is 14.7 Å². The molecule has 0 spiro atoms. The molecule has 0 aliphatic carbocycles. The van der Waals surface area contributed by atoms with Crippen LogP contribution >= 0.6 is 11.3 Å². The van der Waals surface area contributed by atoms with Gasteiger partial charge in [-0.25, -0.2) is 0 Å². The highest BCUT2D eigenvalue weighted by Gasteiger charge is 2.15. The van der Waals surface area contributed by atoms with Gasteiger partial charge >= 0.3 is 11.8 Å². The third kappa shape index (κ3) is 4.73. The minimum absolute atomic E-state index is 0.188. The molecule has 2 aromatic heterocycles. The van der Waals surface area contributed by atoms with Gasteiger partial charge in [0.05, 0.1) is 12.8 Å². The van der Waals surface area contributed by atoms with Gasteiger partial charge in [-0.05, 0) is 30.0 Å². The molecule has 112 valence electrons. The number of carbonyl (C=O) groups excluding carboxylic acids is 2. The van der Waals surface area contributed by atoms with E-state index in [0.717, 1.165) is 4.88 Å². The Morgan fingerprint density at radius 3 is 2.71 bits per heavy atom. The number of rotatable bonds is 6.